The Morgan fingerprint density at radius 2 is 1.62 bits per heavy atom. The molecule has 2 aromatic rings. The molecule has 32 heavy (non-hydrogen) atoms. The first kappa shape index (κ1) is 23.3. The number of nitrogens with zero attached hydrogens (tertiary/aromatic N) is 2. The van der Waals surface area contributed by atoms with E-state index in [9.17, 15) is 14.4 Å². The van der Waals surface area contributed by atoms with Gasteiger partial charge in [0.2, 0.25) is 5.91 Å². The van der Waals surface area contributed by atoms with Crippen LogP contribution in [0.15, 0.2) is 54.6 Å². The molecule has 2 atom stereocenters. The first-order chi connectivity index (χ1) is 15.3. The van der Waals surface area contributed by atoms with Gasteiger partial charge in [0.15, 0.2) is 0 Å². The van der Waals surface area contributed by atoms with Crippen molar-refractivity contribution < 1.29 is 14.4 Å². The molecular formula is C25H32N4O3. The second kappa shape index (κ2) is 10.3. The molecule has 1 fully saturated rings. The number of rotatable bonds is 5. The molecule has 0 bridgehead atoms. The van der Waals surface area contributed by atoms with Gasteiger partial charge in [0.1, 0.15) is 6.04 Å². The van der Waals surface area contributed by atoms with E-state index < -0.39 is 12.1 Å². The molecule has 0 radical (unpaired) electrons. The van der Waals surface area contributed by atoms with E-state index in [4.69, 9.17) is 0 Å². The number of hydrogen-bond acceptors (Lipinski definition) is 3. The quantitative estimate of drug-likeness (QED) is 0.753. The second-order valence-electron chi connectivity index (χ2n) is 8.63. The van der Waals surface area contributed by atoms with Crippen molar-refractivity contribution in [2.24, 2.45) is 5.92 Å². The molecule has 170 valence electrons. The van der Waals surface area contributed by atoms with E-state index >= 15 is 0 Å². The molecule has 7 heteroatoms. The minimum Gasteiger partial charge on any atom is -0.337 e. The summed E-state index contributed by atoms with van der Waals surface area (Å²) in [5.74, 6) is -0.232. The van der Waals surface area contributed by atoms with Gasteiger partial charge < -0.3 is 20.4 Å². The van der Waals surface area contributed by atoms with Crippen LogP contribution in [-0.4, -0.2) is 59.4 Å². The van der Waals surface area contributed by atoms with Crippen molar-refractivity contribution in [2.75, 3.05) is 25.0 Å². The van der Waals surface area contributed by atoms with Crippen LogP contribution in [-0.2, 0) is 4.79 Å². The number of nitrogens with one attached hydrogen (secondary N) is 2. The Morgan fingerprint density at radius 1 is 0.969 bits per heavy atom. The average Bonchev–Trinajstić information content (AvgIpc) is 2.78. The Kier molecular flexibility index (Phi) is 7.51. The van der Waals surface area contributed by atoms with Gasteiger partial charge >= 0.3 is 6.03 Å². The lowest BCUT2D eigenvalue weighted by atomic mass is 10.0. The summed E-state index contributed by atoms with van der Waals surface area (Å²) in [6.45, 7) is 9.01. The van der Waals surface area contributed by atoms with Gasteiger partial charge in [0.05, 0.1) is 0 Å². The van der Waals surface area contributed by atoms with Gasteiger partial charge in [-0.15, -0.1) is 0 Å². The summed E-state index contributed by atoms with van der Waals surface area (Å²) in [6.07, 6.45) is 0. The number of piperazine rings is 1. The predicted molar refractivity (Wildman–Crippen MR) is 125 cm³/mol. The standard InChI is InChI=1S/C25H32N4O3/c1-17(2)22(27-25(32)26-21-13-9-8-10-18(21)3)24(31)28-14-15-29(19(4)16-28)23(30)20-11-6-5-7-12-20/h5-13,17,19,22H,14-16H2,1-4H3,(H2,26,27,32). The number of urea groups is 1. The molecule has 0 aromatic heterocycles. The zero-order valence-corrected chi connectivity index (χ0v) is 19.2. The lowest BCUT2D eigenvalue weighted by Crippen LogP contribution is -2.60. The first-order valence-electron chi connectivity index (χ1n) is 11.1. The monoisotopic (exact) mass is 436 g/mol. The summed E-state index contributed by atoms with van der Waals surface area (Å²) in [4.78, 5) is 42.2. The van der Waals surface area contributed by atoms with Crippen molar-refractivity contribution in [2.45, 2.75) is 39.8 Å². The fourth-order valence-corrected chi connectivity index (χ4v) is 3.93. The fraction of sp³-hybridized carbons (Fsp3) is 0.400. The van der Waals surface area contributed by atoms with Crippen LogP contribution in [0.4, 0.5) is 10.5 Å². The summed E-state index contributed by atoms with van der Waals surface area (Å²) >= 11 is 0. The number of amides is 4. The minimum absolute atomic E-state index is 0.0265. The van der Waals surface area contributed by atoms with Crippen LogP contribution in [0.25, 0.3) is 0 Å². The fourth-order valence-electron chi connectivity index (χ4n) is 3.93. The van der Waals surface area contributed by atoms with Crippen LogP contribution in [0.5, 0.6) is 0 Å². The highest BCUT2D eigenvalue weighted by molar-refractivity contribution is 5.95. The van der Waals surface area contributed by atoms with Crippen LogP contribution in [0.3, 0.4) is 0 Å². The maximum atomic E-state index is 13.3. The van der Waals surface area contributed by atoms with Crippen LogP contribution >= 0.6 is 0 Å². The van der Waals surface area contributed by atoms with Gasteiger partial charge in [-0.25, -0.2) is 4.79 Å². The molecule has 2 N–H and O–H groups in total. The Morgan fingerprint density at radius 3 is 2.25 bits per heavy atom. The maximum Gasteiger partial charge on any atom is 0.319 e. The molecule has 4 amide bonds. The predicted octanol–water partition coefficient (Wildman–Crippen LogP) is 3.51. The molecule has 1 aliphatic heterocycles. The molecule has 1 aliphatic rings. The van der Waals surface area contributed by atoms with E-state index in [1.807, 2.05) is 75.1 Å². The van der Waals surface area contributed by atoms with Gasteiger partial charge in [0, 0.05) is 36.9 Å². The number of para-hydroxylation sites is 1. The van der Waals surface area contributed by atoms with Crippen molar-refractivity contribution in [3.05, 3.63) is 65.7 Å². The van der Waals surface area contributed by atoms with Gasteiger partial charge in [-0.05, 0) is 43.5 Å². The molecular weight excluding hydrogens is 404 g/mol. The molecule has 2 aromatic carbocycles. The third-order valence-electron chi connectivity index (χ3n) is 5.83. The summed E-state index contributed by atoms with van der Waals surface area (Å²) < 4.78 is 0. The zero-order chi connectivity index (χ0) is 23.3. The van der Waals surface area contributed by atoms with E-state index in [0.29, 0.717) is 30.9 Å². The molecule has 3 rings (SSSR count). The summed E-state index contributed by atoms with van der Waals surface area (Å²) in [6, 6.07) is 15.5. The average molecular weight is 437 g/mol. The van der Waals surface area contributed by atoms with Crippen molar-refractivity contribution in [1.29, 1.82) is 0 Å². The molecule has 0 saturated carbocycles. The number of carbonyl (C=O) groups excluding carboxylic acids is 3. The van der Waals surface area contributed by atoms with Gasteiger partial charge in [-0.3, -0.25) is 9.59 Å². The topological polar surface area (TPSA) is 81.8 Å². The number of carbonyl (C=O) groups is 3. The highest BCUT2D eigenvalue weighted by Crippen LogP contribution is 2.17. The Bertz CT molecular complexity index is 961. The Balaban J connectivity index is 1.62. The first-order valence-corrected chi connectivity index (χ1v) is 11.1. The van der Waals surface area contributed by atoms with Gasteiger partial charge in [0.25, 0.3) is 5.91 Å². The van der Waals surface area contributed by atoms with Crippen molar-refractivity contribution in [3.63, 3.8) is 0 Å². The molecule has 0 aliphatic carbocycles. The molecule has 0 spiro atoms. The number of benzene rings is 2. The van der Waals surface area contributed by atoms with E-state index in [1.54, 1.807) is 17.0 Å². The van der Waals surface area contributed by atoms with Crippen molar-refractivity contribution in [1.82, 2.24) is 15.1 Å². The van der Waals surface area contributed by atoms with Crippen molar-refractivity contribution >= 4 is 23.5 Å². The largest absolute Gasteiger partial charge is 0.337 e. The molecule has 1 saturated heterocycles. The summed E-state index contributed by atoms with van der Waals surface area (Å²) in [7, 11) is 0. The number of aryl methyl sites for hydroxylation is 1. The lowest BCUT2D eigenvalue weighted by molar-refractivity contribution is -0.136. The Hall–Kier alpha value is -3.35. The van der Waals surface area contributed by atoms with Gasteiger partial charge in [-0.2, -0.15) is 0 Å². The van der Waals surface area contributed by atoms with E-state index in [1.165, 1.54) is 0 Å². The smallest absolute Gasteiger partial charge is 0.319 e. The van der Waals surface area contributed by atoms with Crippen LogP contribution < -0.4 is 10.6 Å². The van der Waals surface area contributed by atoms with Crippen LogP contribution in [0.1, 0.15) is 36.7 Å². The third kappa shape index (κ3) is 5.46. The van der Waals surface area contributed by atoms with E-state index in [-0.39, 0.29) is 23.8 Å². The lowest BCUT2D eigenvalue weighted by Gasteiger charge is -2.41. The van der Waals surface area contributed by atoms with Crippen molar-refractivity contribution in [3.8, 4) is 0 Å². The minimum atomic E-state index is -0.650. The van der Waals surface area contributed by atoms with Gasteiger partial charge in [-0.1, -0.05) is 50.2 Å². The van der Waals surface area contributed by atoms with E-state index in [2.05, 4.69) is 10.6 Å². The van der Waals surface area contributed by atoms with Crippen LogP contribution in [0.2, 0.25) is 0 Å². The molecule has 1 heterocycles. The second-order valence-corrected chi connectivity index (χ2v) is 8.63. The number of hydrogen-bond donors (Lipinski definition) is 2. The van der Waals surface area contributed by atoms with Crippen LogP contribution in [0, 0.1) is 12.8 Å². The normalized spacial score (nSPS) is 17.1. The highest BCUT2D eigenvalue weighted by atomic mass is 16.2. The maximum absolute atomic E-state index is 13.3. The summed E-state index contributed by atoms with van der Waals surface area (Å²) in [5, 5.41) is 5.67. The van der Waals surface area contributed by atoms with E-state index in [0.717, 1.165) is 5.56 Å². The zero-order valence-electron chi connectivity index (χ0n) is 19.2. The highest BCUT2D eigenvalue weighted by Gasteiger charge is 2.34. The molecule has 7 nitrogen and oxygen atoms in total. The Labute approximate surface area is 189 Å². The third-order valence-corrected chi connectivity index (χ3v) is 5.83. The summed E-state index contributed by atoms with van der Waals surface area (Å²) in [5.41, 5.74) is 2.30. The number of anilines is 1. The SMILES string of the molecule is Cc1ccccc1NC(=O)NC(C(=O)N1CCN(C(=O)c2ccccc2)C(C)C1)C(C)C. The molecule has 2 unspecified atom stereocenters.